The maximum atomic E-state index is 9.59. The van der Waals surface area contributed by atoms with E-state index in [-0.39, 0.29) is 6.79 Å². The Balaban J connectivity index is 2.70. The van der Waals surface area contributed by atoms with Gasteiger partial charge in [0.1, 0.15) is 0 Å². The molecule has 0 saturated heterocycles. The van der Waals surface area contributed by atoms with Gasteiger partial charge in [0.05, 0.1) is 6.61 Å². The van der Waals surface area contributed by atoms with Gasteiger partial charge in [0, 0.05) is 0 Å². The lowest BCUT2D eigenvalue weighted by atomic mass is 10.3. The maximum Gasteiger partial charge on any atom is 0.295 e. The molecule has 0 radical (unpaired) electrons. The number of rotatable bonds is 7. The fraction of sp³-hybridized carbons (Fsp3) is 0.857. The molecule has 0 fully saturated rings. The minimum Gasteiger partial charge on any atom is -0.441 e. The predicted molar refractivity (Wildman–Crippen MR) is 37.5 cm³/mol. The molecule has 10 heavy (non-hydrogen) atoms. The highest BCUT2D eigenvalue weighted by atomic mass is 16.7. The summed E-state index contributed by atoms with van der Waals surface area (Å²) in [5.41, 5.74) is 0. The van der Waals surface area contributed by atoms with E-state index in [1.54, 1.807) is 0 Å². The summed E-state index contributed by atoms with van der Waals surface area (Å²) < 4.78 is 9.23. The van der Waals surface area contributed by atoms with Crippen molar-refractivity contribution in [3.8, 4) is 0 Å². The third-order valence-electron chi connectivity index (χ3n) is 1.11. The molecule has 0 heterocycles. The molecule has 0 amide bonds. The van der Waals surface area contributed by atoms with E-state index in [9.17, 15) is 4.79 Å². The van der Waals surface area contributed by atoms with Crippen LogP contribution < -0.4 is 0 Å². The monoisotopic (exact) mass is 146 g/mol. The second kappa shape index (κ2) is 8.43. The van der Waals surface area contributed by atoms with E-state index in [0.29, 0.717) is 13.1 Å². The highest BCUT2D eigenvalue weighted by Gasteiger charge is 1.86. The van der Waals surface area contributed by atoms with Crippen LogP contribution in [0.5, 0.6) is 0 Å². The molecule has 0 N–H and O–H groups in total. The van der Waals surface area contributed by atoms with Crippen molar-refractivity contribution >= 4 is 6.47 Å². The van der Waals surface area contributed by atoms with Crippen molar-refractivity contribution in [2.45, 2.75) is 26.2 Å². The number of ether oxygens (including phenoxy) is 2. The third-order valence-corrected chi connectivity index (χ3v) is 1.11. The van der Waals surface area contributed by atoms with E-state index in [1.807, 2.05) is 0 Å². The van der Waals surface area contributed by atoms with E-state index in [2.05, 4.69) is 11.7 Å². The molecule has 0 aromatic rings. The second-order valence-corrected chi connectivity index (χ2v) is 2.00. The molecule has 0 unspecified atom stereocenters. The van der Waals surface area contributed by atoms with Gasteiger partial charge in [-0.3, -0.25) is 4.79 Å². The largest absolute Gasteiger partial charge is 0.441 e. The topological polar surface area (TPSA) is 35.5 Å². The Morgan fingerprint density at radius 1 is 1.40 bits per heavy atom. The van der Waals surface area contributed by atoms with E-state index < -0.39 is 0 Å². The Kier molecular flexibility index (Phi) is 7.95. The molecule has 0 aliphatic carbocycles. The van der Waals surface area contributed by atoms with Gasteiger partial charge in [-0.25, -0.2) is 0 Å². The lowest BCUT2D eigenvalue weighted by Gasteiger charge is -1.99. The fourth-order valence-electron chi connectivity index (χ4n) is 0.589. The summed E-state index contributed by atoms with van der Waals surface area (Å²) in [4.78, 5) is 9.59. The quantitative estimate of drug-likeness (QED) is 0.309. The van der Waals surface area contributed by atoms with Gasteiger partial charge < -0.3 is 9.47 Å². The fourth-order valence-corrected chi connectivity index (χ4v) is 0.589. The van der Waals surface area contributed by atoms with Gasteiger partial charge in [0.15, 0.2) is 6.79 Å². The van der Waals surface area contributed by atoms with Gasteiger partial charge in [-0.1, -0.05) is 19.8 Å². The number of hydrogen-bond acceptors (Lipinski definition) is 3. The van der Waals surface area contributed by atoms with Crippen molar-refractivity contribution < 1.29 is 14.3 Å². The van der Waals surface area contributed by atoms with Crippen molar-refractivity contribution in [2.24, 2.45) is 0 Å². The van der Waals surface area contributed by atoms with Crippen LogP contribution in [0.2, 0.25) is 0 Å². The predicted octanol–water partition coefficient (Wildman–Crippen LogP) is 1.32. The summed E-state index contributed by atoms with van der Waals surface area (Å²) in [6.07, 6.45) is 3.39. The van der Waals surface area contributed by atoms with Crippen LogP contribution in [0.3, 0.4) is 0 Å². The van der Waals surface area contributed by atoms with E-state index in [0.717, 1.165) is 6.42 Å². The van der Waals surface area contributed by atoms with Gasteiger partial charge in [-0.2, -0.15) is 0 Å². The van der Waals surface area contributed by atoms with Crippen LogP contribution in [0.15, 0.2) is 0 Å². The van der Waals surface area contributed by atoms with Crippen LogP contribution in [-0.4, -0.2) is 19.9 Å². The summed E-state index contributed by atoms with van der Waals surface area (Å²) in [5.74, 6) is 0. The van der Waals surface area contributed by atoms with Gasteiger partial charge in [0.2, 0.25) is 0 Å². The third kappa shape index (κ3) is 7.43. The Morgan fingerprint density at radius 3 is 2.80 bits per heavy atom. The summed E-state index contributed by atoms with van der Waals surface area (Å²) >= 11 is 0. The average Bonchev–Trinajstić information content (AvgIpc) is 1.97. The SMILES string of the molecule is CCCCCOCOC=O. The zero-order valence-corrected chi connectivity index (χ0v) is 6.34. The molecule has 3 heteroatoms. The van der Waals surface area contributed by atoms with E-state index in [4.69, 9.17) is 4.74 Å². The first-order valence-electron chi connectivity index (χ1n) is 3.54. The van der Waals surface area contributed by atoms with Crippen molar-refractivity contribution in [3.05, 3.63) is 0 Å². The minimum atomic E-state index is 0.0905. The molecule has 0 aliphatic heterocycles. The molecule has 3 nitrogen and oxygen atoms in total. The first-order valence-corrected chi connectivity index (χ1v) is 3.54. The van der Waals surface area contributed by atoms with Crippen molar-refractivity contribution in [3.63, 3.8) is 0 Å². The van der Waals surface area contributed by atoms with Crippen molar-refractivity contribution in [2.75, 3.05) is 13.4 Å². The second-order valence-electron chi connectivity index (χ2n) is 2.00. The van der Waals surface area contributed by atoms with Crippen LogP contribution in [0.25, 0.3) is 0 Å². The van der Waals surface area contributed by atoms with Gasteiger partial charge in [0.25, 0.3) is 6.47 Å². The summed E-state index contributed by atoms with van der Waals surface area (Å²) in [7, 11) is 0. The van der Waals surface area contributed by atoms with Crippen molar-refractivity contribution in [1.82, 2.24) is 0 Å². The molecule has 0 aliphatic rings. The zero-order chi connectivity index (χ0) is 7.66. The van der Waals surface area contributed by atoms with Crippen LogP contribution in [0, 0.1) is 0 Å². The molecular formula is C7H14O3. The lowest BCUT2D eigenvalue weighted by Crippen LogP contribution is -1.99. The molecule has 60 valence electrons. The van der Waals surface area contributed by atoms with E-state index >= 15 is 0 Å². The Morgan fingerprint density at radius 2 is 2.20 bits per heavy atom. The highest BCUT2D eigenvalue weighted by molar-refractivity contribution is 5.36. The lowest BCUT2D eigenvalue weighted by molar-refractivity contribution is -0.140. The standard InChI is InChI=1S/C7H14O3/c1-2-3-4-5-9-7-10-6-8/h6H,2-5,7H2,1H3. The maximum absolute atomic E-state index is 9.59. The van der Waals surface area contributed by atoms with E-state index in [1.165, 1.54) is 12.8 Å². The zero-order valence-electron chi connectivity index (χ0n) is 6.34. The number of carbonyl (C=O) groups excluding carboxylic acids is 1. The average molecular weight is 146 g/mol. The first kappa shape index (κ1) is 9.43. The molecule has 0 atom stereocenters. The highest BCUT2D eigenvalue weighted by Crippen LogP contribution is 1.93. The molecule has 0 saturated carbocycles. The molecule has 0 aromatic carbocycles. The summed E-state index contributed by atoms with van der Waals surface area (Å²) in [6.45, 7) is 3.29. The number of carbonyl (C=O) groups is 1. The minimum absolute atomic E-state index is 0.0905. The first-order chi connectivity index (χ1) is 4.91. The van der Waals surface area contributed by atoms with Gasteiger partial charge >= 0.3 is 0 Å². The van der Waals surface area contributed by atoms with Crippen LogP contribution >= 0.6 is 0 Å². The smallest absolute Gasteiger partial charge is 0.295 e. The molecule has 0 rings (SSSR count). The van der Waals surface area contributed by atoms with Crippen LogP contribution in [0.1, 0.15) is 26.2 Å². The Labute approximate surface area is 61.3 Å². The molecule has 0 aromatic heterocycles. The number of unbranched alkanes of at least 4 members (excludes halogenated alkanes) is 2. The number of hydrogen-bond donors (Lipinski definition) is 0. The molecule has 0 spiro atoms. The summed E-state index contributed by atoms with van der Waals surface area (Å²) in [5, 5.41) is 0. The van der Waals surface area contributed by atoms with Gasteiger partial charge in [-0.05, 0) is 6.42 Å². The van der Waals surface area contributed by atoms with Gasteiger partial charge in [-0.15, -0.1) is 0 Å². The van der Waals surface area contributed by atoms with Crippen LogP contribution in [-0.2, 0) is 14.3 Å². The van der Waals surface area contributed by atoms with Crippen LogP contribution in [0.4, 0.5) is 0 Å². The Hall–Kier alpha value is -0.570. The van der Waals surface area contributed by atoms with Crippen molar-refractivity contribution in [1.29, 1.82) is 0 Å². The Bertz CT molecular complexity index is 73.3. The summed E-state index contributed by atoms with van der Waals surface area (Å²) in [6, 6.07) is 0. The molecule has 0 bridgehead atoms. The normalized spacial score (nSPS) is 9.30. The molecular weight excluding hydrogens is 132 g/mol.